The van der Waals surface area contributed by atoms with Gasteiger partial charge in [0.05, 0.1) is 49.5 Å². The van der Waals surface area contributed by atoms with Gasteiger partial charge in [-0.1, -0.05) is 18.2 Å². The predicted octanol–water partition coefficient (Wildman–Crippen LogP) is 9.77. The SMILES string of the molecule is CC(C)(O)c1cc2nc(C3CCC(CN4CC5(CC(CCNc6c(N7CC(N8CCC(c9ccc(Nc%10nc(N%11CCCCC%11)cnc%10C(N)=O)cc9)CC8)C7)ccc7c6C(=O)N(C6CCC(=O)NC6=O)C7=O)C5)C4)CC3)sc2cc1NC(=O)c1cccc(C(F)(F)F)n1. The summed E-state index contributed by atoms with van der Waals surface area (Å²) >= 11 is 1.54. The number of nitrogens with two attached hydrogens (primary N) is 1. The van der Waals surface area contributed by atoms with E-state index < -0.39 is 59.0 Å². The number of hydrogen-bond donors (Lipinski definition) is 6. The summed E-state index contributed by atoms with van der Waals surface area (Å²) in [6.07, 6.45) is 9.71. The quantitative estimate of drug-likeness (QED) is 0.0437. The minimum absolute atomic E-state index is 0.0406. The number of primary amides is 1. The van der Waals surface area contributed by atoms with Gasteiger partial charge in [0.15, 0.2) is 11.5 Å². The van der Waals surface area contributed by atoms with Crippen molar-refractivity contribution in [2.75, 3.05) is 91.2 Å². The van der Waals surface area contributed by atoms with E-state index in [4.69, 9.17) is 15.7 Å². The molecule has 1 unspecified atom stereocenters. The third kappa shape index (κ3) is 12.7. The highest BCUT2D eigenvalue weighted by Gasteiger charge is 2.52. The largest absolute Gasteiger partial charge is 0.433 e. The van der Waals surface area contributed by atoms with Gasteiger partial charge in [0.2, 0.25) is 11.8 Å². The number of carbonyl (C=O) groups is 6. The van der Waals surface area contributed by atoms with Gasteiger partial charge >= 0.3 is 6.18 Å². The summed E-state index contributed by atoms with van der Waals surface area (Å²) in [7, 11) is 0. The number of anilines is 6. The number of fused-ring (bicyclic) bond motifs is 2. The Balaban J connectivity index is 0.563. The molecule has 6 amide bonds. The Morgan fingerprint density at radius 2 is 1.56 bits per heavy atom. The first-order chi connectivity index (χ1) is 45.1. The van der Waals surface area contributed by atoms with Crippen molar-refractivity contribution in [2.45, 2.75) is 139 Å². The van der Waals surface area contributed by atoms with Crippen LogP contribution in [0.2, 0.25) is 0 Å². The van der Waals surface area contributed by atoms with Gasteiger partial charge in [-0.3, -0.25) is 43.9 Å². The minimum Gasteiger partial charge on any atom is -0.386 e. The van der Waals surface area contributed by atoms with E-state index in [0.29, 0.717) is 58.3 Å². The second-order valence-corrected chi connectivity index (χ2v) is 29.1. The summed E-state index contributed by atoms with van der Waals surface area (Å²) in [4.78, 5) is 108. The molecule has 0 bridgehead atoms. The lowest BCUT2D eigenvalue weighted by atomic mass is 9.57. The monoisotopic (exact) mass is 1300 g/mol. The number of thiazole rings is 1. The number of alkyl halides is 3. The van der Waals surface area contributed by atoms with Crippen molar-refractivity contribution in [1.29, 1.82) is 0 Å². The van der Waals surface area contributed by atoms with Crippen LogP contribution in [0.15, 0.2) is 72.9 Å². The van der Waals surface area contributed by atoms with Gasteiger partial charge in [0, 0.05) is 87.7 Å². The van der Waals surface area contributed by atoms with Crippen molar-refractivity contribution in [2.24, 2.45) is 23.0 Å². The number of likely N-dealkylation sites (tertiary alicyclic amines) is 2. The summed E-state index contributed by atoms with van der Waals surface area (Å²) < 4.78 is 41.0. The highest BCUT2D eigenvalue weighted by molar-refractivity contribution is 7.18. The van der Waals surface area contributed by atoms with Crippen molar-refractivity contribution in [1.82, 2.24) is 40.0 Å². The number of rotatable bonds is 18. The van der Waals surface area contributed by atoms with Crippen LogP contribution in [0.3, 0.4) is 0 Å². The molecule has 1 atom stereocenters. The molecule has 25 heteroatoms. The molecule has 14 rings (SSSR count). The molecule has 5 saturated heterocycles. The zero-order chi connectivity index (χ0) is 65.4. The molecule has 7 N–H and O–H groups in total. The minimum atomic E-state index is -4.71. The molecule has 3 aromatic heterocycles. The van der Waals surface area contributed by atoms with Crippen LogP contribution < -0.4 is 36.8 Å². The number of hydrogen-bond acceptors (Lipinski definition) is 18. The third-order valence-corrected chi connectivity index (χ3v) is 22.2. The first kappa shape index (κ1) is 63.3. The number of halogens is 3. The number of piperidine rings is 3. The molecule has 0 radical (unpaired) electrons. The molecule has 6 aliphatic heterocycles. The highest BCUT2D eigenvalue weighted by atomic mass is 32.1. The van der Waals surface area contributed by atoms with Crippen LogP contribution in [-0.2, 0) is 21.4 Å². The van der Waals surface area contributed by atoms with Crippen LogP contribution in [0.1, 0.15) is 179 Å². The van der Waals surface area contributed by atoms with Crippen LogP contribution in [-0.4, -0.2) is 153 Å². The van der Waals surface area contributed by atoms with E-state index in [2.05, 4.69) is 63.0 Å². The number of amides is 6. The fourth-order valence-corrected chi connectivity index (χ4v) is 17.2. The molecule has 2 aliphatic carbocycles. The lowest BCUT2D eigenvalue weighted by Crippen LogP contribution is -2.63. The summed E-state index contributed by atoms with van der Waals surface area (Å²) in [6.45, 7) is 12.2. The Morgan fingerprint density at radius 1 is 0.819 bits per heavy atom. The maximum Gasteiger partial charge on any atom is 0.433 e. The third-order valence-electron chi connectivity index (χ3n) is 21.0. The molecule has 21 nitrogen and oxygen atoms in total. The average Bonchev–Trinajstić information content (AvgIpc) is 1.35. The summed E-state index contributed by atoms with van der Waals surface area (Å²) in [5.74, 6) is -0.732. The standard InChI is InChI=1S/C69H79F3N14O7S/c1-67(2,93)47-29-50-53(30-49(47)78-62(89)48-7-6-8-54(77-48)69(70,71)72)94-64(79-50)43-11-9-39(10-12-43)34-82-37-68(38-82)31-40(32-68)21-24-74-58-51(18-17-46-57(58)66(92)86(65(46)91)52-19-20-56(87)81-63(52)90)85-35-45(36-85)83-27-22-42(23-28-83)41-13-15-44(16-14-41)76-61-59(60(73)88)75-33-55(80-61)84-25-4-3-5-26-84/h6-8,13-18,29-30,33,39-40,42-43,45,52,74,93H,3-5,9-12,19-28,31-32,34-38H2,1-2H3,(H2,73,88)(H,76,80)(H,78,89)(H,81,87,90). The van der Waals surface area contributed by atoms with E-state index in [1.54, 1.807) is 49.6 Å². The molecule has 1 spiro atoms. The Morgan fingerprint density at radius 3 is 2.27 bits per heavy atom. The van der Waals surface area contributed by atoms with Gasteiger partial charge in [-0.05, 0) is 188 Å². The highest BCUT2D eigenvalue weighted by Crippen LogP contribution is 2.54. The van der Waals surface area contributed by atoms with Gasteiger partial charge < -0.3 is 41.5 Å². The fourth-order valence-electron chi connectivity index (χ4n) is 16.1. The Hall–Kier alpha value is -8.13. The fraction of sp³-hybridized carbons (Fsp3) is 0.507. The van der Waals surface area contributed by atoms with Gasteiger partial charge in [-0.15, -0.1) is 11.3 Å². The number of benzene rings is 3. The molecule has 9 heterocycles. The molecular formula is C69H79F3N14O7S. The lowest BCUT2D eigenvalue weighted by molar-refractivity contribution is -0.141. The molecule has 8 aliphatic rings. The number of nitrogens with zero attached hydrogens (tertiary/aromatic N) is 9. The van der Waals surface area contributed by atoms with Crippen molar-refractivity contribution in [3.8, 4) is 0 Å². The topological polar surface area (TPSA) is 265 Å². The number of aliphatic hydroxyl groups is 1. The number of aromatic nitrogens is 4. The van der Waals surface area contributed by atoms with Crippen molar-refractivity contribution < 1.29 is 47.0 Å². The van der Waals surface area contributed by atoms with Crippen LogP contribution >= 0.6 is 11.3 Å². The van der Waals surface area contributed by atoms with Crippen LogP contribution in [0, 0.1) is 17.3 Å². The maximum atomic E-state index is 14.5. The molecule has 2 saturated carbocycles. The van der Waals surface area contributed by atoms with Crippen LogP contribution in [0.4, 0.5) is 47.6 Å². The molecule has 94 heavy (non-hydrogen) atoms. The Labute approximate surface area is 546 Å². The van der Waals surface area contributed by atoms with Crippen molar-refractivity contribution >= 4 is 91.4 Å². The second-order valence-electron chi connectivity index (χ2n) is 28.0. The molecule has 494 valence electrons. The van der Waals surface area contributed by atoms with Crippen LogP contribution in [0.5, 0.6) is 0 Å². The van der Waals surface area contributed by atoms with Gasteiger partial charge in [-0.25, -0.2) is 19.9 Å². The summed E-state index contributed by atoms with van der Waals surface area (Å²) in [5, 5.41) is 24.1. The average molecular weight is 1310 g/mol. The van der Waals surface area contributed by atoms with Gasteiger partial charge in [-0.2, -0.15) is 13.2 Å². The lowest BCUT2D eigenvalue weighted by Gasteiger charge is -2.60. The first-order valence-corrected chi connectivity index (χ1v) is 34.1. The molecular weight excluding hydrogens is 1230 g/mol. The van der Waals surface area contributed by atoms with E-state index in [1.807, 2.05) is 18.2 Å². The Bertz CT molecular complexity index is 3950. The number of nitrogens with one attached hydrogen (secondary N) is 4. The van der Waals surface area contributed by atoms with E-state index in [0.717, 1.165) is 173 Å². The van der Waals surface area contributed by atoms with Crippen LogP contribution in [0.25, 0.3) is 10.2 Å². The normalized spacial score (nSPS) is 22.4. The van der Waals surface area contributed by atoms with E-state index in [9.17, 15) is 47.0 Å². The number of carbonyl (C=O) groups excluding carboxylic acids is 6. The van der Waals surface area contributed by atoms with Crippen molar-refractivity contribution in [3.63, 3.8) is 0 Å². The smallest absolute Gasteiger partial charge is 0.386 e. The summed E-state index contributed by atoms with van der Waals surface area (Å²) in [6, 6.07) is 17.9. The Kier molecular flexibility index (Phi) is 17.0. The zero-order valence-electron chi connectivity index (χ0n) is 52.9. The van der Waals surface area contributed by atoms with Crippen molar-refractivity contribution in [3.05, 3.63) is 117 Å². The first-order valence-electron chi connectivity index (χ1n) is 33.3. The predicted molar refractivity (Wildman–Crippen MR) is 350 cm³/mol. The zero-order valence-corrected chi connectivity index (χ0v) is 53.7. The molecule has 6 aromatic rings. The van der Waals surface area contributed by atoms with Gasteiger partial charge in [0.25, 0.3) is 23.6 Å². The molecule has 7 fully saturated rings. The maximum absolute atomic E-state index is 14.5. The number of pyridine rings is 1. The molecule has 3 aromatic carbocycles. The van der Waals surface area contributed by atoms with Gasteiger partial charge in [0.1, 0.15) is 23.2 Å². The van der Waals surface area contributed by atoms with E-state index >= 15 is 0 Å². The van der Waals surface area contributed by atoms with E-state index in [-0.39, 0.29) is 47.0 Å². The second kappa shape index (κ2) is 25.2. The number of imide groups is 2. The summed E-state index contributed by atoms with van der Waals surface area (Å²) in [5.41, 5.74) is 8.66. The van der Waals surface area contributed by atoms with E-state index in [1.165, 1.54) is 18.1 Å².